The van der Waals surface area contributed by atoms with Gasteiger partial charge < -0.3 is 0 Å². The van der Waals surface area contributed by atoms with Crippen molar-refractivity contribution in [3.8, 4) is 0 Å². The molecule has 0 saturated heterocycles. The molecule has 0 bridgehead atoms. The van der Waals surface area contributed by atoms with Gasteiger partial charge in [-0.25, -0.2) is 0 Å². The summed E-state index contributed by atoms with van der Waals surface area (Å²) in [7, 11) is 0. The number of benzene rings is 1. The number of ketones is 1. The van der Waals surface area contributed by atoms with Crippen LogP contribution in [0.2, 0.25) is 5.02 Å². The molecule has 0 unspecified atom stereocenters. The Balaban J connectivity index is 2.63. The summed E-state index contributed by atoms with van der Waals surface area (Å²) in [5.74, 6) is 0.546. The molecule has 1 aromatic carbocycles. The Kier molecular flexibility index (Phi) is 5.28. The Hall–Kier alpha value is -1.42. The van der Waals surface area contributed by atoms with Gasteiger partial charge in [0.2, 0.25) is 0 Å². The van der Waals surface area contributed by atoms with E-state index in [2.05, 4.69) is 0 Å². The fraction of sp³-hybridized carbons (Fsp3) is 0.462. The average molecular weight is 270 g/mol. The van der Waals surface area contributed by atoms with Crippen LogP contribution < -0.4 is 0 Å². The maximum atomic E-state index is 11.6. The van der Waals surface area contributed by atoms with Gasteiger partial charge in [0.1, 0.15) is 5.78 Å². The van der Waals surface area contributed by atoms with E-state index in [4.69, 9.17) is 11.6 Å². The minimum atomic E-state index is -0.487. The first kappa shape index (κ1) is 14.6. The molecule has 0 atom stereocenters. The molecule has 0 saturated carbocycles. The average Bonchev–Trinajstić information content (AvgIpc) is 2.26. The summed E-state index contributed by atoms with van der Waals surface area (Å²) in [4.78, 5) is 21.6. The van der Waals surface area contributed by atoms with Crippen molar-refractivity contribution in [1.29, 1.82) is 0 Å². The molecule has 1 rings (SSSR count). The van der Waals surface area contributed by atoms with Crippen molar-refractivity contribution < 1.29 is 9.72 Å². The molecule has 0 radical (unpaired) electrons. The third-order valence-electron chi connectivity index (χ3n) is 2.56. The largest absolute Gasteiger partial charge is 0.300 e. The summed E-state index contributed by atoms with van der Waals surface area (Å²) >= 11 is 5.95. The molecule has 18 heavy (non-hydrogen) atoms. The second-order valence-corrected chi connectivity index (χ2v) is 5.08. The molecule has 0 fully saturated rings. The minimum absolute atomic E-state index is 0.0303. The number of hydrogen-bond acceptors (Lipinski definition) is 3. The predicted octanol–water partition coefficient (Wildman–Crippen LogP) is 3.80. The van der Waals surface area contributed by atoms with Crippen LogP contribution in [0.3, 0.4) is 0 Å². The Morgan fingerprint density at radius 1 is 1.44 bits per heavy atom. The van der Waals surface area contributed by atoms with E-state index >= 15 is 0 Å². The van der Waals surface area contributed by atoms with Crippen molar-refractivity contribution in [2.45, 2.75) is 33.1 Å². The van der Waals surface area contributed by atoms with Crippen LogP contribution in [0.4, 0.5) is 5.69 Å². The highest BCUT2D eigenvalue weighted by Crippen LogP contribution is 2.23. The molecule has 0 heterocycles. The van der Waals surface area contributed by atoms with Gasteiger partial charge in [-0.15, -0.1) is 0 Å². The number of nitro groups is 1. The number of carbonyl (C=O) groups is 1. The van der Waals surface area contributed by atoms with Crippen molar-refractivity contribution in [2.24, 2.45) is 5.92 Å². The fourth-order valence-electron chi connectivity index (χ4n) is 1.68. The van der Waals surface area contributed by atoms with E-state index in [9.17, 15) is 14.9 Å². The van der Waals surface area contributed by atoms with E-state index < -0.39 is 4.92 Å². The predicted molar refractivity (Wildman–Crippen MR) is 70.9 cm³/mol. The van der Waals surface area contributed by atoms with E-state index in [-0.39, 0.29) is 11.5 Å². The Bertz CT molecular complexity index is 458. The summed E-state index contributed by atoms with van der Waals surface area (Å²) in [5, 5.41) is 10.9. The van der Waals surface area contributed by atoms with Crippen LogP contribution in [0, 0.1) is 16.0 Å². The van der Waals surface area contributed by atoms with Gasteiger partial charge in [0.05, 0.1) is 9.95 Å². The van der Waals surface area contributed by atoms with Crippen molar-refractivity contribution >= 4 is 23.1 Å². The van der Waals surface area contributed by atoms with Gasteiger partial charge in [-0.3, -0.25) is 14.9 Å². The smallest absolute Gasteiger partial charge is 0.270 e. The van der Waals surface area contributed by atoms with E-state index in [0.29, 0.717) is 30.2 Å². The molecule has 4 nitrogen and oxygen atoms in total. The van der Waals surface area contributed by atoms with Gasteiger partial charge in [0.25, 0.3) is 5.69 Å². The number of aryl methyl sites for hydroxylation is 1. The van der Waals surface area contributed by atoms with Crippen LogP contribution in [-0.2, 0) is 11.2 Å². The lowest BCUT2D eigenvalue weighted by Gasteiger charge is -2.05. The first-order valence-electron chi connectivity index (χ1n) is 5.84. The van der Waals surface area contributed by atoms with Gasteiger partial charge in [-0.05, 0) is 17.9 Å². The van der Waals surface area contributed by atoms with Crippen LogP contribution >= 0.6 is 11.6 Å². The zero-order valence-electron chi connectivity index (χ0n) is 10.5. The van der Waals surface area contributed by atoms with Gasteiger partial charge in [-0.2, -0.15) is 0 Å². The third kappa shape index (κ3) is 4.45. The lowest BCUT2D eigenvalue weighted by atomic mass is 10.0. The van der Waals surface area contributed by atoms with Crippen LogP contribution in [-0.4, -0.2) is 10.7 Å². The highest BCUT2D eigenvalue weighted by molar-refractivity contribution is 6.31. The topological polar surface area (TPSA) is 60.2 Å². The zero-order valence-corrected chi connectivity index (χ0v) is 11.2. The fourth-order valence-corrected chi connectivity index (χ4v) is 1.95. The Morgan fingerprint density at radius 3 is 2.61 bits per heavy atom. The summed E-state index contributed by atoms with van der Waals surface area (Å²) < 4.78 is 0. The SMILES string of the molecule is CC(C)CC(=O)CCc1ccc([N+](=O)[O-])cc1Cl. The molecule has 98 valence electrons. The molecule has 1 aromatic rings. The van der Waals surface area contributed by atoms with Gasteiger partial charge >= 0.3 is 0 Å². The normalized spacial score (nSPS) is 10.7. The lowest BCUT2D eigenvalue weighted by Crippen LogP contribution is -2.04. The second kappa shape index (κ2) is 6.50. The van der Waals surface area contributed by atoms with Crippen molar-refractivity contribution in [3.05, 3.63) is 38.9 Å². The second-order valence-electron chi connectivity index (χ2n) is 4.67. The summed E-state index contributed by atoms with van der Waals surface area (Å²) in [6.07, 6.45) is 1.52. The Labute approximate surface area is 111 Å². The first-order valence-corrected chi connectivity index (χ1v) is 6.22. The molecular formula is C13H16ClNO3. The summed E-state index contributed by atoms with van der Waals surface area (Å²) in [6.45, 7) is 3.99. The maximum absolute atomic E-state index is 11.6. The van der Waals surface area contributed by atoms with E-state index in [0.717, 1.165) is 5.56 Å². The molecule has 0 aliphatic heterocycles. The number of halogens is 1. The number of non-ortho nitro benzene ring substituents is 1. The zero-order chi connectivity index (χ0) is 13.7. The van der Waals surface area contributed by atoms with Crippen molar-refractivity contribution in [2.75, 3.05) is 0 Å². The molecule has 0 aliphatic rings. The van der Waals surface area contributed by atoms with Crippen LogP contribution in [0.5, 0.6) is 0 Å². The third-order valence-corrected chi connectivity index (χ3v) is 2.91. The monoisotopic (exact) mass is 269 g/mol. The van der Waals surface area contributed by atoms with Crippen LogP contribution in [0.15, 0.2) is 18.2 Å². The minimum Gasteiger partial charge on any atom is -0.300 e. The number of hydrogen-bond donors (Lipinski definition) is 0. The molecule has 0 amide bonds. The first-order chi connectivity index (χ1) is 8.40. The van der Waals surface area contributed by atoms with E-state index in [1.165, 1.54) is 12.1 Å². The number of carbonyl (C=O) groups excluding carboxylic acids is 1. The highest BCUT2D eigenvalue weighted by Gasteiger charge is 2.11. The lowest BCUT2D eigenvalue weighted by molar-refractivity contribution is -0.384. The van der Waals surface area contributed by atoms with Gasteiger partial charge in [0, 0.05) is 25.0 Å². The maximum Gasteiger partial charge on any atom is 0.270 e. The number of nitrogens with zero attached hydrogens (tertiary/aromatic N) is 1. The molecular weight excluding hydrogens is 254 g/mol. The number of nitro benzene ring substituents is 1. The quantitative estimate of drug-likeness (QED) is 0.583. The molecule has 0 N–H and O–H groups in total. The van der Waals surface area contributed by atoms with Crippen molar-refractivity contribution in [1.82, 2.24) is 0 Å². The standard InChI is InChI=1S/C13H16ClNO3/c1-9(2)7-12(16)6-4-10-3-5-11(15(17)18)8-13(10)14/h3,5,8-9H,4,6-7H2,1-2H3. The summed E-state index contributed by atoms with van der Waals surface area (Å²) in [5.41, 5.74) is 0.747. The Morgan fingerprint density at radius 2 is 2.11 bits per heavy atom. The summed E-state index contributed by atoms with van der Waals surface area (Å²) in [6, 6.07) is 4.35. The van der Waals surface area contributed by atoms with Gasteiger partial charge in [0.15, 0.2) is 0 Å². The van der Waals surface area contributed by atoms with Crippen molar-refractivity contribution in [3.63, 3.8) is 0 Å². The van der Waals surface area contributed by atoms with Crippen LogP contribution in [0.1, 0.15) is 32.3 Å². The van der Waals surface area contributed by atoms with Crippen LogP contribution in [0.25, 0.3) is 0 Å². The molecule has 0 aliphatic carbocycles. The molecule has 0 spiro atoms. The number of Topliss-reactive ketones (excluding diaryl/α,β-unsaturated/α-hetero) is 1. The highest BCUT2D eigenvalue weighted by atomic mass is 35.5. The molecule has 0 aromatic heterocycles. The number of rotatable bonds is 6. The van der Waals surface area contributed by atoms with E-state index in [1.807, 2.05) is 13.8 Å². The molecule has 5 heteroatoms. The van der Waals surface area contributed by atoms with Gasteiger partial charge in [-0.1, -0.05) is 31.5 Å². The van der Waals surface area contributed by atoms with E-state index in [1.54, 1.807) is 6.07 Å².